The highest BCUT2D eigenvalue weighted by Crippen LogP contribution is 2.27. The van der Waals surface area contributed by atoms with Crippen molar-refractivity contribution in [3.05, 3.63) is 39.4 Å². The topological polar surface area (TPSA) is 41.4 Å². The lowest BCUT2D eigenvalue weighted by atomic mass is 10.1. The van der Waals surface area contributed by atoms with Crippen LogP contribution in [0.3, 0.4) is 0 Å². The van der Waals surface area contributed by atoms with Crippen molar-refractivity contribution in [2.75, 3.05) is 33.2 Å². The third-order valence-corrected chi connectivity index (χ3v) is 5.74. The molecular weight excluding hydrogens is 360 g/mol. The molecule has 1 aliphatic rings. The molecule has 0 amide bonds. The molecule has 6 heteroatoms. The summed E-state index contributed by atoms with van der Waals surface area (Å²) in [5.74, 6) is 1.49. The van der Waals surface area contributed by atoms with Crippen LogP contribution in [-0.4, -0.2) is 52.6 Å². The fourth-order valence-corrected chi connectivity index (χ4v) is 4.45. The van der Waals surface area contributed by atoms with E-state index in [4.69, 9.17) is 16.6 Å². The number of fused-ring (bicyclic) bond motifs is 1. The van der Waals surface area contributed by atoms with Gasteiger partial charge in [0.05, 0.1) is 16.9 Å². The van der Waals surface area contributed by atoms with Crippen LogP contribution >= 0.6 is 11.6 Å². The molecular formula is C21H31ClN4O. The maximum Gasteiger partial charge on any atom is 0.261 e. The Hall–Kier alpha value is -1.43. The second kappa shape index (κ2) is 8.72. The average molecular weight is 391 g/mol. The number of hydrogen-bond acceptors (Lipinski definition) is 4. The largest absolute Gasteiger partial charge is 0.305 e. The highest BCUT2D eigenvalue weighted by atomic mass is 35.5. The lowest BCUT2D eigenvalue weighted by molar-refractivity contribution is 0.167. The zero-order valence-electron chi connectivity index (χ0n) is 16.9. The van der Waals surface area contributed by atoms with E-state index in [1.165, 1.54) is 0 Å². The Morgan fingerprint density at radius 3 is 2.74 bits per heavy atom. The molecule has 2 aromatic rings. The van der Waals surface area contributed by atoms with Gasteiger partial charge in [-0.05, 0) is 44.5 Å². The van der Waals surface area contributed by atoms with Crippen molar-refractivity contribution < 1.29 is 0 Å². The van der Waals surface area contributed by atoms with Crippen LogP contribution in [0.2, 0.25) is 5.02 Å². The summed E-state index contributed by atoms with van der Waals surface area (Å²) < 4.78 is 1.85. The number of hydrogen-bond donors (Lipinski definition) is 0. The lowest BCUT2D eigenvalue weighted by Gasteiger charge is -2.32. The van der Waals surface area contributed by atoms with E-state index in [-0.39, 0.29) is 11.6 Å². The molecule has 0 unspecified atom stereocenters. The van der Waals surface area contributed by atoms with Crippen molar-refractivity contribution in [1.82, 2.24) is 19.4 Å². The van der Waals surface area contributed by atoms with Crippen LogP contribution in [0.4, 0.5) is 0 Å². The van der Waals surface area contributed by atoms with E-state index in [9.17, 15) is 4.79 Å². The number of benzene rings is 1. The van der Waals surface area contributed by atoms with Crippen LogP contribution in [-0.2, 0) is 6.54 Å². The number of halogens is 1. The Morgan fingerprint density at radius 2 is 2.04 bits per heavy atom. The molecule has 0 spiro atoms. The second-order valence-corrected chi connectivity index (χ2v) is 8.28. The van der Waals surface area contributed by atoms with Gasteiger partial charge >= 0.3 is 0 Å². The number of likely N-dealkylation sites (N-methyl/N-ethyl adjacent to an activating group) is 1. The minimum absolute atomic E-state index is 0.0149. The minimum atomic E-state index is 0.0149. The van der Waals surface area contributed by atoms with Crippen LogP contribution in [0, 0.1) is 5.92 Å². The van der Waals surface area contributed by atoms with Crippen LogP contribution in [0.25, 0.3) is 10.9 Å². The van der Waals surface area contributed by atoms with Crippen LogP contribution in [0.1, 0.15) is 45.5 Å². The molecule has 5 nitrogen and oxygen atoms in total. The summed E-state index contributed by atoms with van der Waals surface area (Å²) >= 11 is 6.12. The SMILES string of the molecule is CCC[C@H](c1nc2ccc(Cl)cc2c(=O)n1CC)N1CCN(C)C[C@@H](C)C1. The summed E-state index contributed by atoms with van der Waals surface area (Å²) in [5, 5.41) is 1.18. The molecule has 0 saturated carbocycles. The molecule has 0 N–H and O–H groups in total. The maximum atomic E-state index is 13.1. The quantitative estimate of drug-likeness (QED) is 0.778. The van der Waals surface area contributed by atoms with Crippen molar-refractivity contribution >= 4 is 22.5 Å². The molecule has 148 valence electrons. The van der Waals surface area contributed by atoms with E-state index in [2.05, 4.69) is 30.7 Å². The predicted molar refractivity (Wildman–Crippen MR) is 113 cm³/mol. The van der Waals surface area contributed by atoms with Crippen molar-refractivity contribution in [2.45, 2.75) is 46.2 Å². The third kappa shape index (κ3) is 4.36. The molecule has 1 fully saturated rings. The van der Waals surface area contributed by atoms with Crippen molar-refractivity contribution in [1.29, 1.82) is 0 Å². The second-order valence-electron chi connectivity index (χ2n) is 7.85. The van der Waals surface area contributed by atoms with Gasteiger partial charge in [0.15, 0.2) is 0 Å². The molecule has 1 aromatic heterocycles. The number of aromatic nitrogens is 2. The summed E-state index contributed by atoms with van der Waals surface area (Å²) in [5.41, 5.74) is 0.756. The molecule has 2 heterocycles. The third-order valence-electron chi connectivity index (χ3n) is 5.50. The van der Waals surface area contributed by atoms with Gasteiger partial charge in [0.25, 0.3) is 5.56 Å². The summed E-state index contributed by atoms with van der Waals surface area (Å²) in [7, 11) is 2.19. The Bertz CT molecular complexity index is 850. The Kier molecular flexibility index (Phi) is 6.56. The highest BCUT2D eigenvalue weighted by Gasteiger charge is 2.28. The first-order valence-corrected chi connectivity index (χ1v) is 10.4. The zero-order valence-corrected chi connectivity index (χ0v) is 17.7. The van der Waals surface area contributed by atoms with Crippen LogP contribution in [0.15, 0.2) is 23.0 Å². The van der Waals surface area contributed by atoms with E-state index in [0.29, 0.717) is 22.9 Å². The van der Waals surface area contributed by atoms with E-state index >= 15 is 0 Å². The maximum absolute atomic E-state index is 13.1. The Balaban J connectivity index is 2.10. The fraction of sp³-hybridized carbons (Fsp3) is 0.619. The first-order valence-electron chi connectivity index (χ1n) is 10.1. The van der Waals surface area contributed by atoms with Crippen molar-refractivity contribution in [3.63, 3.8) is 0 Å². The van der Waals surface area contributed by atoms with Gasteiger partial charge in [-0.15, -0.1) is 0 Å². The molecule has 1 aromatic carbocycles. The summed E-state index contributed by atoms with van der Waals surface area (Å²) in [6.45, 7) is 11.3. The van der Waals surface area contributed by atoms with E-state index in [0.717, 1.165) is 50.4 Å². The normalized spacial score (nSPS) is 20.7. The lowest BCUT2D eigenvalue weighted by Crippen LogP contribution is -2.38. The first kappa shape index (κ1) is 20.3. The minimum Gasteiger partial charge on any atom is -0.305 e. The van der Waals surface area contributed by atoms with Gasteiger partial charge in [-0.25, -0.2) is 4.98 Å². The van der Waals surface area contributed by atoms with Gasteiger partial charge in [-0.2, -0.15) is 0 Å². The molecule has 0 bridgehead atoms. The van der Waals surface area contributed by atoms with E-state index in [1.54, 1.807) is 6.07 Å². The molecule has 2 atom stereocenters. The number of rotatable bonds is 5. The monoisotopic (exact) mass is 390 g/mol. The van der Waals surface area contributed by atoms with Gasteiger partial charge < -0.3 is 4.90 Å². The highest BCUT2D eigenvalue weighted by molar-refractivity contribution is 6.31. The fourth-order valence-electron chi connectivity index (χ4n) is 4.27. The average Bonchev–Trinajstić information content (AvgIpc) is 2.80. The van der Waals surface area contributed by atoms with Crippen LogP contribution in [0.5, 0.6) is 0 Å². The molecule has 0 radical (unpaired) electrons. The predicted octanol–water partition coefficient (Wildman–Crippen LogP) is 3.79. The zero-order chi connectivity index (χ0) is 19.6. The smallest absolute Gasteiger partial charge is 0.261 e. The molecule has 3 rings (SSSR count). The Labute approximate surface area is 166 Å². The summed E-state index contributed by atoms with van der Waals surface area (Å²) in [6.07, 6.45) is 2.06. The van der Waals surface area contributed by atoms with Gasteiger partial charge in [0, 0.05) is 37.7 Å². The molecule has 1 aliphatic heterocycles. The van der Waals surface area contributed by atoms with Gasteiger partial charge in [-0.3, -0.25) is 14.3 Å². The van der Waals surface area contributed by atoms with Gasteiger partial charge in [-0.1, -0.05) is 31.9 Å². The molecule has 27 heavy (non-hydrogen) atoms. The molecule has 1 saturated heterocycles. The van der Waals surface area contributed by atoms with E-state index < -0.39 is 0 Å². The van der Waals surface area contributed by atoms with Crippen molar-refractivity contribution in [3.8, 4) is 0 Å². The summed E-state index contributed by atoms with van der Waals surface area (Å²) in [4.78, 5) is 23.0. The van der Waals surface area contributed by atoms with E-state index in [1.807, 2.05) is 23.6 Å². The van der Waals surface area contributed by atoms with Crippen molar-refractivity contribution in [2.24, 2.45) is 5.92 Å². The Morgan fingerprint density at radius 1 is 1.26 bits per heavy atom. The molecule has 0 aliphatic carbocycles. The van der Waals surface area contributed by atoms with Gasteiger partial charge in [0.1, 0.15) is 5.82 Å². The summed E-state index contributed by atoms with van der Waals surface area (Å²) in [6, 6.07) is 5.58. The van der Waals surface area contributed by atoms with Gasteiger partial charge in [0.2, 0.25) is 0 Å². The number of nitrogens with zero attached hydrogens (tertiary/aromatic N) is 4. The first-order chi connectivity index (χ1) is 12.9. The van der Waals surface area contributed by atoms with Crippen LogP contribution < -0.4 is 5.56 Å². The standard InChI is InChI=1S/C21H31ClN4O/c1-5-7-19(25-11-10-24(4)13-15(3)14-25)20-23-18-9-8-16(22)12-17(18)21(27)26(20)6-2/h8-9,12,15,19H,5-7,10-11,13-14H2,1-4H3/t15-,19-/m1/s1.